The van der Waals surface area contributed by atoms with Crippen molar-refractivity contribution >= 4 is 34.8 Å². The molecule has 140 valence electrons. The number of nitrogens with one attached hydrogen (secondary N) is 1. The first-order valence-corrected chi connectivity index (χ1v) is 9.37. The van der Waals surface area contributed by atoms with Gasteiger partial charge in [-0.15, -0.1) is 0 Å². The molecule has 2 aromatic rings. The molecule has 1 aromatic carbocycles. The number of aromatic nitrogens is 2. The van der Waals surface area contributed by atoms with Gasteiger partial charge in [-0.2, -0.15) is 5.10 Å². The first-order chi connectivity index (χ1) is 12.6. The Bertz CT molecular complexity index is 745. The Balaban J connectivity index is 1.36. The molecule has 8 heteroatoms. The van der Waals surface area contributed by atoms with E-state index in [1.807, 2.05) is 6.20 Å². The van der Waals surface area contributed by atoms with Crippen LogP contribution >= 0.6 is 23.2 Å². The van der Waals surface area contributed by atoms with Crippen LogP contribution in [0.1, 0.15) is 25.7 Å². The first kappa shape index (κ1) is 19.0. The third kappa shape index (κ3) is 5.62. The van der Waals surface area contributed by atoms with Gasteiger partial charge < -0.3 is 14.8 Å². The second-order valence-corrected chi connectivity index (χ2v) is 7.00. The topological polar surface area (TPSA) is 65.4 Å². The van der Waals surface area contributed by atoms with Crippen LogP contribution in [0.15, 0.2) is 30.6 Å². The lowest BCUT2D eigenvalue weighted by Crippen LogP contribution is -2.15. The zero-order chi connectivity index (χ0) is 18.4. The number of amides is 1. The highest BCUT2D eigenvalue weighted by molar-refractivity contribution is 6.35. The molecule has 1 atom stereocenters. The smallest absolute Gasteiger partial charge is 0.224 e. The van der Waals surface area contributed by atoms with E-state index in [4.69, 9.17) is 32.7 Å². The third-order valence-electron chi connectivity index (χ3n) is 4.03. The maximum Gasteiger partial charge on any atom is 0.224 e. The minimum Gasteiger partial charge on any atom is -0.492 e. The molecule has 0 spiro atoms. The lowest BCUT2D eigenvalue weighted by molar-refractivity contribution is -0.116. The average Bonchev–Trinajstić information content (AvgIpc) is 3.26. The van der Waals surface area contributed by atoms with E-state index in [-0.39, 0.29) is 12.0 Å². The molecule has 0 bridgehead atoms. The summed E-state index contributed by atoms with van der Waals surface area (Å²) in [5.74, 6) is 0.486. The fourth-order valence-corrected chi connectivity index (χ4v) is 3.22. The van der Waals surface area contributed by atoms with Crippen LogP contribution in [0.25, 0.3) is 0 Å². The maximum absolute atomic E-state index is 12.0. The fourth-order valence-electron chi connectivity index (χ4n) is 2.76. The van der Waals surface area contributed by atoms with E-state index in [0.717, 1.165) is 19.4 Å². The molecule has 1 fully saturated rings. The number of anilines is 1. The molecule has 6 nitrogen and oxygen atoms in total. The van der Waals surface area contributed by atoms with Gasteiger partial charge in [0, 0.05) is 24.2 Å². The molecule has 1 amide bonds. The lowest BCUT2D eigenvalue weighted by Gasteiger charge is -2.09. The summed E-state index contributed by atoms with van der Waals surface area (Å²) in [6, 6.07) is 5.05. The van der Waals surface area contributed by atoms with Crippen LogP contribution in [0.3, 0.4) is 0 Å². The predicted octanol–water partition coefficient (Wildman–Crippen LogP) is 4.17. The van der Waals surface area contributed by atoms with Crippen LogP contribution < -0.4 is 10.1 Å². The Labute approximate surface area is 162 Å². The van der Waals surface area contributed by atoms with Gasteiger partial charge in [-0.25, -0.2) is 0 Å². The van der Waals surface area contributed by atoms with Gasteiger partial charge in [0.05, 0.1) is 36.2 Å². The van der Waals surface area contributed by atoms with Gasteiger partial charge in [0.25, 0.3) is 0 Å². The summed E-state index contributed by atoms with van der Waals surface area (Å²) in [7, 11) is 0. The van der Waals surface area contributed by atoms with Crippen LogP contribution in [0.5, 0.6) is 5.75 Å². The van der Waals surface area contributed by atoms with Crippen LogP contribution in [-0.4, -0.2) is 35.0 Å². The zero-order valence-corrected chi connectivity index (χ0v) is 15.8. The molecule has 1 unspecified atom stereocenters. The number of carbonyl (C=O) groups excluding carboxylic acids is 1. The van der Waals surface area contributed by atoms with Gasteiger partial charge in [-0.3, -0.25) is 9.48 Å². The fraction of sp³-hybridized carbons (Fsp3) is 0.444. The second-order valence-electron chi connectivity index (χ2n) is 6.16. The summed E-state index contributed by atoms with van der Waals surface area (Å²) in [5.41, 5.74) is 0.690. The summed E-state index contributed by atoms with van der Waals surface area (Å²) in [6.07, 6.45) is 6.77. The Kier molecular flexibility index (Phi) is 6.77. The second kappa shape index (κ2) is 9.26. The van der Waals surface area contributed by atoms with E-state index >= 15 is 0 Å². The number of nitrogens with zero attached hydrogens (tertiary/aromatic N) is 2. The van der Waals surface area contributed by atoms with Crippen LogP contribution in [0.4, 0.5) is 5.69 Å². The molecular weight excluding hydrogens is 377 g/mol. The minimum atomic E-state index is -0.0764. The minimum absolute atomic E-state index is 0.0764. The van der Waals surface area contributed by atoms with Gasteiger partial charge >= 0.3 is 0 Å². The number of benzene rings is 1. The first-order valence-electron chi connectivity index (χ1n) is 8.62. The Hall–Kier alpha value is -1.76. The van der Waals surface area contributed by atoms with Crippen LogP contribution in [0.2, 0.25) is 10.0 Å². The molecule has 3 rings (SSSR count). The summed E-state index contributed by atoms with van der Waals surface area (Å²) in [6.45, 7) is 1.93. The molecule has 26 heavy (non-hydrogen) atoms. The normalized spacial score (nSPS) is 16.6. The number of hydrogen-bond donors (Lipinski definition) is 1. The van der Waals surface area contributed by atoms with Crippen LogP contribution in [-0.2, 0) is 16.1 Å². The largest absolute Gasteiger partial charge is 0.492 e. The van der Waals surface area contributed by atoms with Gasteiger partial charge in [-0.1, -0.05) is 23.2 Å². The lowest BCUT2D eigenvalue weighted by atomic mass is 10.2. The molecule has 1 saturated heterocycles. The summed E-state index contributed by atoms with van der Waals surface area (Å²) in [4.78, 5) is 12.0. The van der Waals surface area contributed by atoms with Crippen molar-refractivity contribution in [2.24, 2.45) is 0 Å². The number of carbonyl (C=O) groups is 1. The maximum atomic E-state index is 12.0. The van der Waals surface area contributed by atoms with Gasteiger partial charge in [0.1, 0.15) is 5.75 Å². The molecule has 1 aromatic heterocycles. The number of hydrogen-bond acceptors (Lipinski definition) is 4. The Morgan fingerprint density at radius 2 is 2.31 bits per heavy atom. The summed E-state index contributed by atoms with van der Waals surface area (Å²) in [5, 5.41) is 8.12. The zero-order valence-electron chi connectivity index (χ0n) is 14.3. The van der Waals surface area contributed by atoms with E-state index in [0.29, 0.717) is 47.5 Å². The summed E-state index contributed by atoms with van der Waals surface area (Å²) < 4.78 is 13.0. The number of rotatable bonds is 8. The monoisotopic (exact) mass is 397 g/mol. The van der Waals surface area contributed by atoms with E-state index in [1.54, 1.807) is 29.1 Å². The highest BCUT2D eigenvalue weighted by Gasteiger charge is 2.16. The average molecular weight is 398 g/mol. The molecule has 1 N–H and O–H groups in total. The quantitative estimate of drug-likeness (QED) is 0.678. The molecule has 2 heterocycles. The molecule has 0 radical (unpaired) electrons. The van der Waals surface area contributed by atoms with Crippen molar-refractivity contribution < 1.29 is 14.3 Å². The molecule has 1 aliphatic rings. The van der Waals surface area contributed by atoms with Crippen molar-refractivity contribution in [3.05, 3.63) is 40.6 Å². The van der Waals surface area contributed by atoms with E-state index < -0.39 is 0 Å². The SMILES string of the molecule is O=C(CCCOc1ccc(Cl)cc1Cl)Nc1cnn(CC2CCCO2)c1. The van der Waals surface area contributed by atoms with E-state index in [2.05, 4.69) is 10.4 Å². The highest BCUT2D eigenvalue weighted by Crippen LogP contribution is 2.27. The van der Waals surface area contributed by atoms with Crippen molar-refractivity contribution in [1.29, 1.82) is 0 Å². The van der Waals surface area contributed by atoms with Crippen molar-refractivity contribution in [1.82, 2.24) is 9.78 Å². The standard InChI is InChI=1S/C18H21Cl2N3O3/c19-13-5-6-17(16(20)9-13)26-8-2-4-18(24)22-14-10-21-23(11-14)12-15-3-1-7-25-15/h5-6,9-11,15H,1-4,7-8,12H2,(H,22,24). The van der Waals surface area contributed by atoms with Crippen LogP contribution in [0, 0.1) is 0 Å². The van der Waals surface area contributed by atoms with Crippen molar-refractivity contribution in [2.75, 3.05) is 18.5 Å². The van der Waals surface area contributed by atoms with Gasteiger partial charge in [0.2, 0.25) is 5.91 Å². The van der Waals surface area contributed by atoms with Crippen molar-refractivity contribution in [3.8, 4) is 5.75 Å². The van der Waals surface area contributed by atoms with Crippen molar-refractivity contribution in [3.63, 3.8) is 0 Å². The molecule has 0 aliphatic carbocycles. The third-order valence-corrected chi connectivity index (χ3v) is 4.56. The summed E-state index contributed by atoms with van der Waals surface area (Å²) >= 11 is 11.9. The molecular formula is C18H21Cl2N3O3. The highest BCUT2D eigenvalue weighted by atomic mass is 35.5. The molecule has 0 saturated carbocycles. The van der Waals surface area contributed by atoms with Crippen molar-refractivity contribution in [2.45, 2.75) is 38.3 Å². The van der Waals surface area contributed by atoms with Gasteiger partial charge in [-0.05, 0) is 37.5 Å². The number of halogens is 2. The van der Waals surface area contributed by atoms with Gasteiger partial charge in [0.15, 0.2) is 0 Å². The van der Waals surface area contributed by atoms with E-state index in [1.165, 1.54) is 0 Å². The number of ether oxygens (including phenoxy) is 2. The molecule has 1 aliphatic heterocycles. The van der Waals surface area contributed by atoms with E-state index in [9.17, 15) is 4.79 Å². The Morgan fingerprint density at radius 1 is 1.42 bits per heavy atom. The predicted molar refractivity (Wildman–Crippen MR) is 101 cm³/mol. The Morgan fingerprint density at radius 3 is 3.08 bits per heavy atom.